The summed E-state index contributed by atoms with van der Waals surface area (Å²) < 4.78 is 5.20. The van der Waals surface area contributed by atoms with Crippen molar-refractivity contribution in [1.82, 2.24) is 4.98 Å². The molecule has 1 amide bonds. The number of para-hydroxylation sites is 1. The number of ether oxygens (including phenoxy) is 1. The van der Waals surface area contributed by atoms with Gasteiger partial charge in [0.2, 0.25) is 0 Å². The van der Waals surface area contributed by atoms with Crippen molar-refractivity contribution in [3.8, 4) is 0 Å². The van der Waals surface area contributed by atoms with Gasteiger partial charge in [-0.2, -0.15) is 0 Å². The fraction of sp³-hybridized carbons (Fsp3) is 0.292. The molecule has 0 radical (unpaired) electrons. The molecule has 1 aromatic heterocycles. The van der Waals surface area contributed by atoms with E-state index in [1.165, 1.54) is 31.4 Å². The molecule has 6 nitrogen and oxygen atoms in total. The molecule has 1 fully saturated rings. The zero-order valence-electron chi connectivity index (χ0n) is 16.8. The summed E-state index contributed by atoms with van der Waals surface area (Å²) in [7, 11) is 0. The standard InChI is InChI=1S/C24H25N3O3/c28-22(17-30-24(29)21-9-5-7-18-8-6-14-25-23(18)21)26-19-10-12-20(13-11-19)27-15-3-1-2-4-16-27/h5-14H,1-4,15-17H2,(H,26,28). The molecule has 0 spiro atoms. The summed E-state index contributed by atoms with van der Waals surface area (Å²) in [5, 5.41) is 3.63. The van der Waals surface area contributed by atoms with Crippen LogP contribution in [0.15, 0.2) is 60.8 Å². The van der Waals surface area contributed by atoms with Crippen LogP contribution in [0.5, 0.6) is 0 Å². The Morgan fingerprint density at radius 1 is 0.933 bits per heavy atom. The SMILES string of the molecule is O=C(COC(=O)c1cccc2cccnc12)Nc1ccc(N2CCCCCC2)cc1. The van der Waals surface area contributed by atoms with Crippen LogP contribution in [0.3, 0.4) is 0 Å². The number of carbonyl (C=O) groups excluding carboxylic acids is 2. The summed E-state index contributed by atoms with van der Waals surface area (Å²) in [6.07, 6.45) is 6.64. The second-order valence-corrected chi connectivity index (χ2v) is 7.45. The summed E-state index contributed by atoms with van der Waals surface area (Å²) >= 11 is 0. The Kier molecular flexibility index (Phi) is 6.23. The number of fused-ring (bicyclic) bond motifs is 1. The molecule has 2 heterocycles. The molecule has 1 saturated heterocycles. The third kappa shape index (κ3) is 4.76. The highest BCUT2D eigenvalue weighted by atomic mass is 16.5. The van der Waals surface area contributed by atoms with Gasteiger partial charge in [-0.05, 0) is 49.2 Å². The molecule has 4 rings (SSSR count). The van der Waals surface area contributed by atoms with Gasteiger partial charge in [-0.3, -0.25) is 9.78 Å². The van der Waals surface area contributed by atoms with Crippen molar-refractivity contribution < 1.29 is 14.3 Å². The van der Waals surface area contributed by atoms with Crippen molar-refractivity contribution in [2.75, 3.05) is 29.9 Å². The minimum Gasteiger partial charge on any atom is -0.452 e. The van der Waals surface area contributed by atoms with Gasteiger partial charge in [0.15, 0.2) is 6.61 Å². The van der Waals surface area contributed by atoms with Crippen LogP contribution in [0.4, 0.5) is 11.4 Å². The van der Waals surface area contributed by atoms with Gasteiger partial charge in [0, 0.05) is 36.0 Å². The molecule has 0 aliphatic carbocycles. The molecule has 0 unspecified atom stereocenters. The van der Waals surface area contributed by atoms with Crippen LogP contribution in [0.2, 0.25) is 0 Å². The van der Waals surface area contributed by atoms with Crippen molar-refractivity contribution >= 4 is 34.2 Å². The largest absolute Gasteiger partial charge is 0.452 e. The van der Waals surface area contributed by atoms with E-state index in [-0.39, 0.29) is 12.5 Å². The molecule has 2 aromatic carbocycles. The summed E-state index contributed by atoms with van der Waals surface area (Å²) in [5.41, 5.74) is 2.77. The number of amides is 1. The first-order valence-corrected chi connectivity index (χ1v) is 10.4. The van der Waals surface area contributed by atoms with Crippen LogP contribution >= 0.6 is 0 Å². The van der Waals surface area contributed by atoms with Crippen LogP contribution < -0.4 is 10.2 Å². The van der Waals surface area contributed by atoms with Crippen LogP contribution in [0.1, 0.15) is 36.0 Å². The number of nitrogens with zero attached hydrogens (tertiary/aromatic N) is 2. The molecule has 0 atom stereocenters. The first-order chi connectivity index (χ1) is 14.7. The highest BCUT2D eigenvalue weighted by Crippen LogP contribution is 2.22. The molecular formula is C24H25N3O3. The maximum Gasteiger partial charge on any atom is 0.340 e. The zero-order valence-corrected chi connectivity index (χ0v) is 16.8. The predicted octanol–water partition coefficient (Wildman–Crippen LogP) is 4.41. The Morgan fingerprint density at radius 2 is 1.67 bits per heavy atom. The number of anilines is 2. The molecule has 6 heteroatoms. The second-order valence-electron chi connectivity index (χ2n) is 7.45. The van der Waals surface area contributed by atoms with E-state index in [1.54, 1.807) is 18.3 Å². The van der Waals surface area contributed by atoms with Gasteiger partial charge >= 0.3 is 5.97 Å². The Hall–Kier alpha value is -3.41. The zero-order chi connectivity index (χ0) is 20.8. The Bertz CT molecular complexity index is 1020. The highest BCUT2D eigenvalue weighted by Gasteiger charge is 2.15. The van der Waals surface area contributed by atoms with Crippen LogP contribution in [-0.2, 0) is 9.53 Å². The number of esters is 1. The van der Waals surface area contributed by atoms with Crippen molar-refractivity contribution in [3.05, 3.63) is 66.4 Å². The average molecular weight is 403 g/mol. The molecule has 30 heavy (non-hydrogen) atoms. The number of hydrogen-bond donors (Lipinski definition) is 1. The van der Waals surface area contributed by atoms with Crippen LogP contribution in [0.25, 0.3) is 10.9 Å². The van der Waals surface area contributed by atoms with E-state index in [9.17, 15) is 9.59 Å². The van der Waals surface area contributed by atoms with Gasteiger partial charge in [-0.15, -0.1) is 0 Å². The third-order valence-corrected chi connectivity index (χ3v) is 5.31. The Balaban J connectivity index is 1.32. The van der Waals surface area contributed by atoms with E-state index in [4.69, 9.17) is 4.74 Å². The number of pyridine rings is 1. The lowest BCUT2D eigenvalue weighted by Crippen LogP contribution is -2.24. The molecule has 3 aromatic rings. The van der Waals surface area contributed by atoms with Crippen LogP contribution in [-0.4, -0.2) is 36.6 Å². The van der Waals surface area contributed by atoms with Crippen molar-refractivity contribution in [2.45, 2.75) is 25.7 Å². The summed E-state index contributed by atoms with van der Waals surface area (Å²) in [5.74, 6) is -0.940. The van der Waals surface area contributed by atoms with E-state index < -0.39 is 5.97 Å². The van der Waals surface area contributed by atoms with Gasteiger partial charge in [0.25, 0.3) is 5.91 Å². The molecule has 0 bridgehead atoms. The van der Waals surface area contributed by atoms with Gasteiger partial charge in [0.05, 0.1) is 11.1 Å². The topological polar surface area (TPSA) is 71.5 Å². The number of rotatable bonds is 5. The highest BCUT2D eigenvalue weighted by molar-refractivity contribution is 6.03. The number of aromatic nitrogens is 1. The first kappa shape index (κ1) is 19.9. The predicted molar refractivity (Wildman–Crippen MR) is 118 cm³/mol. The molecule has 1 N–H and O–H groups in total. The minimum absolute atomic E-state index is 0.350. The summed E-state index contributed by atoms with van der Waals surface area (Å²) in [6, 6.07) is 16.8. The van der Waals surface area contributed by atoms with E-state index >= 15 is 0 Å². The van der Waals surface area contributed by atoms with Crippen LogP contribution in [0, 0.1) is 0 Å². The normalized spacial score (nSPS) is 14.2. The maximum absolute atomic E-state index is 12.4. The summed E-state index contributed by atoms with van der Waals surface area (Å²) in [6.45, 7) is 1.80. The minimum atomic E-state index is -0.564. The second kappa shape index (κ2) is 9.39. The van der Waals surface area contributed by atoms with E-state index in [0.29, 0.717) is 16.8 Å². The molecule has 154 valence electrons. The number of nitrogens with one attached hydrogen (secondary N) is 1. The Morgan fingerprint density at radius 3 is 2.43 bits per heavy atom. The smallest absolute Gasteiger partial charge is 0.340 e. The molecule has 1 aliphatic rings. The lowest BCUT2D eigenvalue weighted by Gasteiger charge is -2.22. The van der Waals surface area contributed by atoms with Gasteiger partial charge in [-0.1, -0.05) is 31.0 Å². The average Bonchev–Trinajstić information content (AvgIpc) is 3.07. The van der Waals surface area contributed by atoms with Gasteiger partial charge in [-0.25, -0.2) is 4.79 Å². The maximum atomic E-state index is 12.4. The van der Waals surface area contributed by atoms with E-state index in [1.807, 2.05) is 42.5 Å². The number of hydrogen-bond acceptors (Lipinski definition) is 5. The van der Waals surface area contributed by atoms with Gasteiger partial charge < -0.3 is 15.0 Å². The van der Waals surface area contributed by atoms with Crippen molar-refractivity contribution in [1.29, 1.82) is 0 Å². The quantitative estimate of drug-likeness (QED) is 0.639. The first-order valence-electron chi connectivity index (χ1n) is 10.4. The van der Waals surface area contributed by atoms with Crippen molar-refractivity contribution in [2.24, 2.45) is 0 Å². The monoisotopic (exact) mass is 403 g/mol. The van der Waals surface area contributed by atoms with Crippen molar-refractivity contribution in [3.63, 3.8) is 0 Å². The summed E-state index contributed by atoms with van der Waals surface area (Å²) in [4.78, 5) is 31.3. The molecule has 0 saturated carbocycles. The molecular weight excluding hydrogens is 378 g/mol. The lowest BCUT2D eigenvalue weighted by atomic mass is 10.1. The fourth-order valence-electron chi connectivity index (χ4n) is 3.76. The fourth-order valence-corrected chi connectivity index (χ4v) is 3.76. The Labute approximate surface area is 175 Å². The van der Waals surface area contributed by atoms with E-state index in [0.717, 1.165) is 18.5 Å². The van der Waals surface area contributed by atoms with E-state index in [2.05, 4.69) is 15.2 Å². The van der Waals surface area contributed by atoms with Gasteiger partial charge in [0.1, 0.15) is 0 Å². The lowest BCUT2D eigenvalue weighted by molar-refractivity contribution is -0.119. The number of benzene rings is 2. The number of carbonyl (C=O) groups is 2. The third-order valence-electron chi connectivity index (χ3n) is 5.31. The molecule has 1 aliphatic heterocycles.